The Balaban J connectivity index is 3.03. The van der Waals surface area contributed by atoms with Crippen molar-refractivity contribution in [2.45, 2.75) is 38.9 Å². The predicted octanol–water partition coefficient (Wildman–Crippen LogP) is 2.70. The second-order valence-corrected chi connectivity index (χ2v) is 4.68. The fraction of sp³-hybridized carbons (Fsp3) is 0.667. The van der Waals surface area contributed by atoms with Crippen LogP contribution in [0.25, 0.3) is 0 Å². The van der Waals surface area contributed by atoms with Crippen molar-refractivity contribution in [3.8, 4) is 6.07 Å². The fourth-order valence-corrected chi connectivity index (χ4v) is 1.72. The molecule has 0 saturated heterocycles. The van der Waals surface area contributed by atoms with Crippen molar-refractivity contribution in [2.75, 3.05) is 24.2 Å². The van der Waals surface area contributed by atoms with E-state index in [4.69, 9.17) is 11.0 Å². The molecule has 0 radical (unpaired) electrons. The third-order valence-corrected chi connectivity index (χ3v) is 3.14. The molecular weight excluding hydrogens is 271 g/mol. The van der Waals surface area contributed by atoms with Gasteiger partial charge < -0.3 is 10.6 Å². The van der Waals surface area contributed by atoms with Crippen molar-refractivity contribution in [3.63, 3.8) is 0 Å². The highest BCUT2D eigenvalue weighted by Crippen LogP contribution is 2.28. The maximum absolute atomic E-state index is 12.2. The average molecular weight is 289 g/mol. The molecule has 0 spiro atoms. The van der Waals surface area contributed by atoms with Gasteiger partial charge in [-0.05, 0) is 13.3 Å². The lowest BCUT2D eigenvalue weighted by Gasteiger charge is -2.17. The van der Waals surface area contributed by atoms with Crippen molar-refractivity contribution >= 4 is 11.6 Å². The van der Waals surface area contributed by atoms with Crippen LogP contribution in [0.15, 0.2) is 0 Å². The minimum absolute atomic E-state index is 0.0214. The lowest BCUT2D eigenvalue weighted by molar-refractivity contribution is -0.132. The van der Waals surface area contributed by atoms with Gasteiger partial charge in [-0.3, -0.25) is 0 Å². The van der Waals surface area contributed by atoms with Gasteiger partial charge in [0.2, 0.25) is 0 Å². The predicted molar refractivity (Wildman–Crippen MR) is 70.3 cm³/mol. The lowest BCUT2D eigenvalue weighted by atomic mass is 10.2. The van der Waals surface area contributed by atoms with E-state index >= 15 is 0 Å². The Morgan fingerprint density at radius 1 is 1.50 bits per heavy atom. The molecule has 0 aliphatic rings. The van der Waals surface area contributed by atoms with Crippen molar-refractivity contribution in [3.05, 3.63) is 5.56 Å². The van der Waals surface area contributed by atoms with Gasteiger partial charge in [0.05, 0.1) is 12.5 Å². The molecule has 1 aromatic rings. The topological polar surface area (TPSA) is 70.9 Å². The molecule has 0 aromatic carbocycles. The summed E-state index contributed by atoms with van der Waals surface area (Å²) >= 11 is 0. The fourth-order valence-electron chi connectivity index (χ4n) is 1.72. The normalized spacial score (nSPS) is 13.1. The van der Waals surface area contributed by atoms with Crippen LogP contribution in [-0.2, 0) is 0 Å². The second kappa shape index (κ2) is 6.03. The molecule has 1 aromatic heterocycles. The number of nitriles is 1. The van der Waals surface area contributed by atoms with E-state index < -0.39 is 12.6 Å². The summed E-state index contributed by atoms with van der Waals surface area (Å²) in [4.78, 5) is 1.31. The summed E-state index contributed by atoms with van der Waals surface area (Å²) in [5.41, 5.74) is 5.96. The molecule has 0 amide bonds. The molecule has 8 heteroatoms. The number of hydrogen-bond donors (Lipinski definition) is 1. The molecule has 112 valence electrons. The van der Waals surface area contributed by atoms with E-state index in [2.05, 4.69) is 5.10 Å². The van der Waals surface area contributed by atoms with Gasteiger partial charge in [0.15, 0.2) is 5.82 Å². The van der Waals surface area contributed by atoms with Gasteiger partial charge in [0.25, 0.3) is 0 Å². The van der Waals surface area contributed by atoms with E-state index in [9.17, 15) is 13.2 Å². The van der Waals surface area contributed by atoms with Crippen LogP contribution < -0.4 is 10.6 Å². The van der Waals surface area contributed by atoms with Gasteiger partial charge in [0, 0.05) is 13.6 Å². The third kappa shape index (κ3) is 3.56. The molecular formula is C12H18F3N5. The maximum atomic E-state index is 12.2. The first-order chi connectivity index (χ1) is 9.21. The number of nitrogens with zero attached hydrogens (tertiary/aromatic N) is 4. The first-order valence-electron chi connectivity index (χ1n) is 6.27. The molecule has 20 heavy (non-hydrogen) atoms. The van der Waals surface area contributed by atoms with Gasteiger partial charge >= 0.3 is 6.18 Å². The second-order valence-electron chi connectivity index (χ2n) is 4.68. The molecule has 0 saturated carbocycles. The van der Waals surface area contributed by atoms with Gasteiger partial charge in [-0.1, -0.05) is 6.92 Å². The number of anilines is 2. The molecule has 2 N–H and O–H groups in total. The quantitative estimate of drug-likeness (QED) is 0.904. The van der Waals surface area contributed by atoms with Gasteiger partial charge in [0.1, 0.15) is 17.5 Å². The minimum atomic E-state index is -4.24. The minimum Gasteiger partial charge on any atom is -0.383 e. The zero-order valence-corrected chi connectivity index (χ0v) is 11.7. The number of halogens is 3. The average Bonchev–Trinajstić information content (AvgIpc) is 2.71. The first-order valence-corrected chi connectivity index (χ1v) is 6.27. The largest absolute Gasteiger partial charge is 0.390 e. The zero-order valence-electron chi connectivity index (χ0n) is 11.7. The molecule has 0 aliphatic carbocycles. The number of rotatable bonds is 5. The molecule has 0 bridgehead atoms. The third-order valence-electron chi connectivity index (χ3n) is 3.14. The molecule has 1 heterocycles. The Bertz CT molecular complexity index is 500. The van der Waals surface area contributed by atoms with Crippen molar-refractivity contribution in [1.82, 2.24) is 9.78 Å². The Morgan fingerprint density at radius 2 is 2.10 bits per heavy atom. The van der Waals surface area contributed by atoms with E-state index in [1.807, 2.05) is 19.9 Å². The Labute approximate surface area is 115 Å². The van der Waals surface area contributed by atoms with Gasteiger partial charge in [-0.25, -0.2) is 4.68 Å². The maximum Gasteiger partial charge on any atom is 0.390 e. The van der Waals surface area contributed by atoms with Crippen LogP contribution in [0.1, 0.15) is 38.3 Å². The molecule has 0 aliphatic heterocycles. The molecule has 1 rings (SSSR count). The monoisotopic (exact) mass is 289 g/mol. The Morgan fingerprint density at radius 3 is 2.55 bits per heavy atom. The van der Waals surface area contributed by atoms with Crippen LogP contribution in [0.4, 0.5) is 24.8 Å². The van der Waals surface area contributed by atoms with Gasteiger partial charge in [-0.2, -0.15) is 23.5 Å². The number of hydrogen-bond acceptors (Lipinski definition) is 4. The zero-order chi connectivity index (χ0) is 15.5. The molecule has 5 nitrogen and oxygen atoms in total. The van der Waals surface area contributed by atoms with E-state index in [0.717, 1.165) is 6.42 Å². The van der Waals surface area contributed by atoms with Crippen LogP contribution >= 0.6 is 0 Å². The SMILES string of the molecule is CCC(C)n1nc(N(C)CCC(F)(F)F)c(C#N)c1N. The van der Waals surface area contributed by atoms with Crippen LogP contribution in [0.3, 0.4) is 0 Å². The van der Waals surface area contributed by atoms with Crippen LogP contribution in [0, 0.1) is 11.3 Å². The highest BCUT2D eigenvalue weighted by atomic mass is 19.4. The molecule has 0 fully saturated rings. The van der Waals surface area contributed by atoms with Crippen molar-refractivity contribution in [1.29, 1.82) is 5.26 Å². The van der Waals surface area contributed by atoms with E-state index in [-0.39, 0.29) is 29.8 Å². The number of aromatic nitrogens is 2. The van der Waals surface area contributed by atoms with E-state index in [1.165, 1.54) is 16.6 Å². The molecule has 1 unspecified atom stereocenters. The van der Waals surface area contributed by atoms with Gasteiger partial charge in [-0.15, -0.1) is 0 Å². The highest BCUT2D eigenvalue weighted by molar-refractivity contribution is 5.64. The van der Waals surface area contributed by atoms with Crippen LogP contribution in [-0.4, -0.2) is 29.5 Å². The summed E-state index contributed by atoms with van der Waals surface area (Å²) in [5, 5.41) is 13.3. The number of nitrogen functional groups attached to an aromatic ring is 1. The lowest BCUT2D eigenvalue weighted by Crippen LogP contribution is -2.25. The standard InChI is InChI=1S/C12H18F3N5/c1-4-8(2)20-10(17)9(7-16)11(18-20)19(3)6-5-12(13,14)15/h8H,4-6,17H2,1-3H3. The summed E-state index contributed by atoms with van der Waals surface area (Å²) in [6.45, 7) is 3.55. The number of nitrogens with two attached hydrogens (primary N) is 1. The highest BCUT2D eigenvalue weighted by Gasteiger charge is 2.29. The van der Waals surface area contributed by atoms with Crippen molar-refractivity contribution in [2.24, 2.45) is 0 Å². The number of alkyl halides is 3. The summed E-state index contributed by atoms with van der Waals surface area (Å²) in [7, 11) is 1.47. The summed E-state index contributed by atoms with van der Waals surface area (Å²) < 4.78 is 38.2. The van der Waals surface area contributed by atoms with Crippen LogP contribution in [0.5, 0.6) is 0 Å². The Kier molecular flexibility index (Phi) is 4.87. The van der Waals surface area contributed by atoms with E-state index in [0.29, 0.717) is 0 Å². The van der Waals surface area contributed by atoms with Crippen LogP contribution in [0.2, 0.25) is 0 Å². The summed E-state index contributed by atoms with van der Waals surface area (Å²) in [6.07, 6.45) is -4.46. The summed E-state index contributed by atoms with van der Waals surface area (Å²) in [6, 6.07) is 1.89. The first kappa shape index (κ1) is 16.1. The van der Waals surface area contributed by atoms with Crippen molar-refractivity contribution < 1.29 is 13.2 Å². The van der Waals surface area contributed by atoms with E-state index in [1.54, 1.807) is 0 Å². The smallest absolute Gasteiger partial charge is 0.383 e. The summed E-state index contributed by atoms with van der Waals surface area (Å²) in [5.74, 6) is 0.380. The Hall–Kier alpha value is -1.91. The molecule has 1 atom stereocenters.